The highest BCUT2D eigenvalue weighted by Gasteiger charge is 2.23. The summed E-state index contributed by atoms with van der Waals surface area (Å²) in [6.45, 7) is 4.90. The molecule has 1 aliphatic heterocycles. The van der Waals surface area contributed by atoms with E-state index in [1.807, 2.05) is 13.0 Å². The van der Waals surface area contributed by atoms with Crippen molar-refractivity contribution in [2.24, 2.45) is 0 Å². The lowest BCUT2D eigenvalue weighted by atomic mass is 10.1. The SMILES string of the molecule is COCC1CN(c2cc(C)c3nc(-c4c(NCC(O)c5ccc(OC)c(Br)c5)cc[nH]c4=O)[nH]c3c2)CCO1. The molecule has 1 aliphatic rings. The van der Waals surface area contributed by atoms with Gasteiger partial charge in [0.1, 0.15) is 17.1 Å². The number of morpholine rings is 1. The molecule has 10 nitrogen and oxygen atoms in total. The Morgan fingerprint density at radius 1 is 1.28 bits per heavy atom. The van der Waals surface area contributed by atoms with Crippen LogP contribution in [0.25, 0.3) is 22.4 Å². The predicted molar refractivity (Wildman–Crippen MR) is 155 cm³/mol. The lowest BCUT2D eigenvalue weighted by molar-refractivity contribution is -0.0100. The summed E-state index contributed by atoms with van der Waals surface area (Å²) in [5.74, 6) is 1.14. The van der Waals surface area contributed by atoms with Crippen molar-refractivity contribution in [3.63, 3.8) is 0 Å². The van der Waals surface area contributed by atoms with Crippen LogP contribution in [0.3, 0.4) is 0 Å². The zero-order valence-corrected chi connectivity index (χ0v) is 23.7. The van der Waals surface area contributed by atoms with E-state index in [1.165, 1.54) is 0 Å². The van der Waals surface area contributed by atoms with Crippen molar-refractivity contribution in [1.29, 1.82) is 0 Å². The van der Waals surface area contributed by atoms with Crippen molar-refractivity contribution < 1.29 is 19.3 Å². The summed E-state index contributed by atoms with van der Waals surface area (Å²) in [5.41, 5.74) is 5.08. The number of hydrogen-bond donors (Lipinski definition) is 4. The van der Waals surface area contributed by atoms with Crippen LogP contribution in [0.1, 0.15) is 17.2 Å². The number of halogens is 1. The quantitative estimate of drug-likeness (QED) is 0.228. The third kappa shape index (κ3) is 5.81. The van der Waals surface area contributed by atoms with E-state index >= 15 is 0 Å². The molecule has 0 amide bonds. The Balaban J connectivity index is 1.41. The summed E-state index contributed by atoms with van der Waals surface area (Å²) in [6, 6.07) is 11.3. The average Bonchev–Trinajstić information content (AvgIpc) is 3.36. The fraction of sp³-hybridized carbons (Fsp3) is 0.357. The summed E-state index contributed by atoms with van der Waals surface area (Å²) < 4.78 is 17.1. The van der Waals surface area contributed by atoms with Gasteiger partial charge >= 0.3 is 0 Å². The van der Waals surface area contributed by atoms with Crippen LogP contribution in [-0.2, 0) is 9.47 Å². The van der Waals surface area contributed by atoms with Crippen molar-refractivity contribution in [2.45, 2.75) is 19.1 Å². The topological polar surface area (TPSA) is 125 Å². The zero-order valence-electron chi connectivity index (χ0n) is 22.1. The molecule has 0 saturated carbocycles. The van der Waals surface area contributed by atoms with Gasteiger partial charge in [0.2, 0.25) is 0 Å². The van der Waals surface area contributed by atoms with E-state index < -0.39 is 6.10 Å². The molecule has 2 unspecified atom stereocenters. The van der Waals surface area contributed by atoms with Gasteiger partial charge in [-0.1, -0.05) is 6.07 Å². The molecule has 0 spiro atoms. The number of pyridine rings is 1. The predicted octanol–water partition coefficient (Wildman–Crippen LogP) is 3.99. The van der Waals surface area contributed by atoms with E-state index in [0.717, 1.165) is 39.8 Å². The van der Waals surface area contributed by atoms with Crippen LogP contribution >= 0.6 is 15.9 Å². The second-order valence-electron chi connectivity index (χ2n) is 9.52. The van der Waals surface area contributed by atoms with E-state index in [1.54, 1.807) is 38.6 Å². The summed E-state index contributed by atoms with van der Waals surface area (Å²) in [4.78, 5) is 26.1. The molecule has 39 heavy (non-hydrogen) atoms. The molecule has 4 aromatic rings. The first-order valence-corrected chi connectivity index (χ1v) is 13.5. The highest BCUT2D eigenvalue weighted by Crippen LogP contribution is 2.31. The normalized spacial score (nSPS) is 16.4. The van der Waals surface area contributed by atoms with Crippen LogP contribution in [0.15, 0.2) is 51.9 Å². The number of H-pyrrole nitrogens is 2. The van der Waals surface area contributed by atoms with Gasteiger partial charge in [-0.15, -0.1) is 0 Å². The minimum Gasteiger partial charge on any atom is -0.496 e. The zero-order chi connectivity index (χ0) is 27.5. The number of hydrogen-bond acceptors (Lipinski definition) is 8. The number of aryl methyl sites for hydroxylation is 1. The number of aliphatic hydroxyl groups excluding tert-OH is 1. The molecule has 0 radical (unpaired) electrons. The van der Waals surface area contributed by atoms with Crippen LogP contribution < -0.4 is 20.5 Å². The Bertz CT molecular complexity index is 1520. The Hall–Kier alpha value is -3.38. The van der Waals surface area contributed by atoms with Gasteiger partial charge in [-0.05, 0) is 64.3 Å². The van der Waals surface area contributed by atoms with Gasteiger partial charge in [0.05, 0.1) is 53.7 Å². The molecule has 2 aromatic carbocycles. The average molecular weight is 598 g/mol. The molecule has 2 atom stereocenters. The fourth-order valence-corrected chi connectivity index (χ4v) is 5.45. The fourth-order valence-electron chi connectivity index (χ4n) is 4.89. The van der Waals surface area contributed by atoms with E-state index in [-0.39, 0.29) is 18.2 Å². The van der Waals surface area contributed by atoms with Gasteiger partial charge in [-0.2, -0.15) is 0 Å². The standard InChI is InChI=1S/C28H32BrN5O5/c1-16-10-18(34-8-9-39-19(14-34)15-37-2)12-22-26(16)33-27(32-22)25-21(6-7-30-28(25)36)31-13-23(35)17-4-5-24(38-3)20(29)11-17/h4-7,10-12,19,23,35H,8-9,13-15H2,1-3H3,(H,32,33)(H2,30,31,36). The van der Waals surface area contributed by atoms with Crippen LogP contribution in [0, 0.1) is 6.92 Å². The molecule has 1 fully saturated rings. The van der Waals surface area contributed by atoms with Crippen molar-refractivity contribution in [2.75, 3.05) is 57.3 Å². The minimum absolute atomic E-state index is 0.0166. The van der Waals surface area contributed by atoms with Gasteiger partial charge in [0, 0.05) is 38.6 Å². The van der Waals surface area contributed by atoms with Crippen LogP contribution in [0.4, 0.5) is 11.4 Å². The van der Waals surface area contributed by atoms with E-state index in [0.29, 0.717) is 41.6 Å². The minimum atomic E-state index is -0.810. The monoisotopic (exact) mass is 597 g/mol. The van der Waals surface area contributed by atoms with E-state index in [2.05, 4.69) is 48.2 Å². The van der Waals surface area contributed by atoms with Gasteiger partial charge in [0.15, 0.2) is 0 Å². The number of imidazole rings is 1. The Labute approximate surface area is 234 Å². The lowest BCUT2D eigenvalue weighted by Crippen LogP contribution is -2.44. The summed E-state index contributed by atoms with van der Waals surface area (Å²) in [7, 11) is 3.27. The Morgan fingerprint density at radius 2 is 2.13 bits per heavy atom. The highest BCUT2D eigenvalue weighted by atomic mass is 79.9. The second kappa shape index (κ2) is 11.8. The maximum Gasteiger partial charge on any atom is 0.261 e. The smallest absolute Gasteiger partial charge is 0.261 e. The number of rotatable bonds is 9. The van der Waals surface area contributed by atoms with E-state index in [9.17, 15) is 9.90 Å². The highest BCUT2D eigenvalue weighted by molar-refractivity contribution is 9.10. The number of nitrogens with one attached hydrogen (secondary N) is 3. The molecular weight excluding hydrogens is 566 g/mol. The van der Waals surface area contributed by atoms with Gasteiger partial charge in [-0.3, -0.25) is 4.79 Å². The second-order valence-corrected chi connectivity index (χ2v) is 10.4. The maximum atomic E-state index is 13.0. The van der Waals surface area contributed by atoms with Crippen molar-refractivity contribution in [3.05, 3.63) is 68.5 Å². The largest absolute Gasteiger partial charge is 0.496 e. The first kappa shape index (κ1) is 27.2. The third-order valence-electron chi connectivity index (χ3n) is 6.86. The molecule has 0 aliphatic carbocycles. The molecule has 2 aromatic heterocycles. The molecule has 1 saturated heterocycles. The Kier molecular flexibility index (Phi) is 8.22. The number of aromatic nitrogens is 3. The number of nitrogens with zero attached hydrogens (tertiary/aromatic N) is 2. The lowest BCUT2D eigenvalue weighted by Gasteiger charge is -2.34. The van der Waals surface area contributed by atoms with E-state index in [4.69, 9.17) is 19.2 Å². The maximum absolute atomic E-state index is 13.0. The number of aromatic amines is 2. The number of anilines is 2. The summed E-state index contributed by atoms with van der Waals surface area (Å²) in [6.07, 6.45) is 0.781. The van der Waals surface area contributed by atoms with Crippen LogP contribution in [-0.4, -0.2) is 73.2 Å². The van der Waals surface area contributed by atoms with Gasteiger partial charge in [0.25, 0.3) is 5.56 Å². The molecule has 3 heterocycles. The molecule has 5 rings (SSSR count). The molecule has 206 valence electrons. The number of benzene rings is 2. The number of aliphatic hydroxyl groups is 1. The number of fused-ring (bicyclic) bond motifs is 1. The van der Waals surface area contributed by atoms with Crippen LogP contribution in [0.2, 0.25) is 0 Å². The molecule has 0 bridgehead atoms. The van der Waals surface area contributed by atoms with Crippen molar-refractivity contribution in [1.82, 2.24) is 15.0 Å². The summed E-state index contributed by atoms with van der Waals surface area (Å²) in [5, 5.41) is 14.0. The van der Waals surface area contributed by atoms with Crippen LogP contribution in [0.5, 0.6) is 5.75 Å². The van der Waals surface area contributed by atoms with Crippen molar-refractivity contribution in [3.8, 4) is 17.1 Å². The number of methoxy groups -OCH3 is 2. The third-order valence-corrected chi connectivity index (χ3v) is 7.48. The van der Waals surface area contributed by atoms with Gasteiger partial charge in [-0.25, -0.2) is 4.98 Å². The first-order valence-electron chi connectivity index (χ1n) is 12.7. The number of ether oxygens (including phenoxy) is 3. The molecule has 4 N–H and O–H groups in total. The Morgan fingerprint density at radius 3 is 2.90 bits per heavy atom. The van der Waals surface area contributed by atoms with Gasteiger partial charge < -0.3 is 39.5 Å². The first-order chi connectivity index (χ1) is 18.9. The van der Waals surface area contributed by atoms with Crippen molar-refractivity contribution >= 4 is 38.3 Å². The summed E-state index contributed by atoms with van der Waals surface area (Å²) >= 11 is 3.46. The molecule has 11 heteroatoms. The molecular formula is C28H32BrN5O5.